The van der Waals surface area contributed by atoms with Crippen LogP contribution in [0, 0.1) is 6.92 Å². The fourth-order valence-electron chi connectivity index (χ4n) is 4.21. The second kappa shape index (κ2) is 10.6. The van der Waals surface area contributed by atoms with Gasteiger partial charge in [0.05, 0.1) is 29.5 Å². The van der Waals surface area contributed by atoms with Gasteiger partial charge in [-0.1, -0.05) is 35.5 Å². The normalized spacial score (nSPS) is 12.1. The molecule has 188 valence electrons. The fraction of sp³-hybridized carbons (Fsp3) is 0.222. The molecule has 10 nitrogen and oxygen atoms in total. The SMILES string of the molecule is COCCNC(=O)[C@@H](c1ccc(C)o1)N(C(=O)Cn1nnc2ccccc21)c1cnc2ccccc2c1. The van der Waals surface area contributed by atoms with Crippen LogP contribution in [-0.4, -0.2) is 52.1 Å². The Hall–Kier alpha value is -4.57. The minimum absolute atomic E-state index is 0.144. The molecule has 3 heterocycles. The maximum absolute atomic E-state index is 14.0. The highest BCUT2D eigenvalue weighted by Gasteiger charge is 2.35. The Morgan fingerprint density at radius 2 is 1.86 bits per heavy atom. The Balaban J connectivity index is 1.60. The number of aromatic nitrogens is 4. The highest BCUT2D eigenvalue weighted by Crippen LogP contribution is 2.31. The van der Waals surface area contributed by atoms with Crippen LogP contribution in [0.25, 0.3) is 21.9 Å². The van der Waals surface area contributed by atoms with E-state index in [0.29, 0.717) is 34.8 Å². The van der Waals surface area contributed by atoms with Crippen LogP contribution in [-0.2, 0) is 20.9 Å². The van der Waals surface area contributed by atoms with E-state index >= 15 is 0 Å². The van der Waals surface area contributed by atoms with Gasteiger partial charge in [0.25, 0.3) is 5.91 Å². The van der Waals surface area contributed by atoms with Crippen LogP contribution in [0.2, 0.25) is 0 Å². The molecule has 0 fully saturated rings. The van der Waals surface area contributed by atoms with Crippen LogP contribution < -0.4 is 10.2 Å². The maximum Gasteiger partial charge on any atom is 0.251 e. The van der Waals surface area contributed by atoms with Gasteiger partial charge in [0.15, 0.2) is 6.04 Å². The van der Waals surface area contributed by atoms with Crippen molar-refractivity contribution in [2.45, 2.75) is 19.5 Å². The van der Waals surface area contributed by atoms with Crippen LogP contribution >= 0.6 is 0 Å². The first-order valence-electron chi connectivity index (χ1n) is 11.8. The van der Waals surface area contributed by atoms with Crippen molar-refractivity contribution in [1.82, 2.24) is 25.3 Å². The summed E-state index contributed by atoms with van der Waals surface area (Å²) < 4.78 is 12.5. The molecule has 0 spiro atoms. The van der Waals surface area contributed by atoms with Gasteiger partial charge >= 0.3 is 0 Å². The summed E-state index contributed by atoms with van der Waals surface area (Å²) >= 11 is 0. The van der Waals surface area contributed by atoms with E-state index in [2.05, 4.69) is 20.6 Å². The molecule has 2 aromatic carbocycles. The summed E-state index contributed by atoms with van der Waals surface area (Å²) in [7, 11) is 1.55. The van der Waals surface area contributed by atoms with E-state index in [4.69, 9.17) is 9.15 Å². The summed E-state index contributed by atoms with van der Waals surface area (Å²) in [5.41, 5.74) is 2.61. The molecular formula is C27H26N6O4. The quantitative estimate of drug-likeness (QED) is 0.310. The van der Waals surface area contributed by atoms with Gasteiger partial charge in [-0.3, -0.25) is 19.5 Å². The van der Waals surface area contributed by atoms with Crippen LogP contribution in [0.1, 0.15) is 17.6 Å². The van der Waals surface area contributed by atoms with Gasteiger partial charge in [-0.25, -0.2) is 4.68 Å². The number of aryl methyl sites for hydroxylation is 1. The van der Waals surface area contributed by atoms with Crippen molar-refractivity contribution in [3.63, 3.8) is 0 Å². The predicted octanol–water partition coefficient (Wildman–Crippen LogP) is 3.42. The first-order valence-corrected chi connectivity index (χ1v) is 11.8. The van der Waals surface area contributed by atoms with E-state index in [1.807, 2.05) is 54.6 Å². The molecule has 0 saturated heterocycles. The fourth-order valence-corrected chi connectivity index (χ4v) is 4.21. The standard InChI is InChI=1S/C27H26N6O4/c1-18-11-12-24(37-18)26(27(35)28-13-14-36-2)33(20-15-19-7-3-4-8-21(19)29-16-20)25(34)17-32-23-10-6-5-9-22(23)30-31-32/h3-12,15-16,26H,13-14,17H2,1-2H3,(H,28,35)/t26-/m1/s1. The molecule has 1 N–H and O–H groups in total. The summed E-state index contributed by atoms with van der Waals surface area (Å²) in [6, 6.07) is 19.2. The lowest BCUT2D eigenvalue weighted by atomic mass is 10.1. The molecule has 5 rings (SSSR count). The number of fused-ring (bicyclic) bond motifs is 2. The zero-order chi connectivity index (χ0) is 25.8. The lowest BCUT2D eigenvalue weighted by Gasteiger charge is -2.30. The highest BCUT2D eigenvalue weighted by atomic mass is 16.5. The lowest BCUT2D eigenvalue weighted by molar-refractivity contribution is -0.127. The lowest BCUT2D eigenvalue weighted by Crippen LogP contribution is -2.45. The van der Waals surface area contributed by atoms with E-state index in [1.54, 1.807) is 32.4 Å². The molecule has 1 atom stereocenters. The third kappa shape index (κ3) is 5.05. The third-order valence-electron chi connectivity index (χ3n) is 5.97. The topological polar surface area (TPSA) is 115 Å². The maximum atomic E-state index is 14.0. The Morgan fingerprint density at radius 3 is 2.65 bits per heavy atom. The summed E-state index contributed by atoms with van der Waals surface area (Å²) in [4.78, 5) is 33.5. The van der Waals surface area contributed by atoms with Crippen LogP contribution in [0.3, 0.4) is 0 Å². The van der Waals surface area contributed by atoms with Crippen molar-refractivity contribution in [2.75, 3.05) is 25.2 Å². The van der Waals surface area contributed by atoms with Crippen molar-refractivity contribution < 1.29 is 18.7 Å². The van der Waals surface area contributed by atoms with Crippen molar-refractivity contribution in [3.8, 4) is 0 Å². The van der Waals surface area contributed by atoms with Gasteiger partial charge in [-0.05, 0) is 43.3 Å². The Labute approximate surface area is 212 Å². The highest BCUT2D eigenvalue weighted by molar-refractivity contribution is 6.02. The largest absolute Gasteiger partial charge is 0.464 e. The van der Waals surface area contributed by atoms with Gasteiger partial charge in [0.2, 0.25) is 5.91 Å². The molecule has 37 heavy (non-hydrogen) atoms. The summed E-state index contributed by atoms with van der Waals surface area (Å²) in [5.74, 6) is 0.165. The van der Waals surface area contributed by atoms with Gasteiger partial charge in [0.1, 0.15) is 23.6 Å². The second-order valence-electron chi connectivity index (χ2n) is 8.52. The Bertz CT molecular complexity index is 1560. The summed E-state index contributed by atoms with van der Waals surface area (Å²) in [6.45, 7) is 2.24. The molecule has 0 saturated carbocycles. The Kier molecular flexibility index (Phi) is 6.91. The molecule has 3 aromatic heterocycles. The zero-order valence-electron chi connectivity index (χ0n) is 20.5. The number of hydrogen-bond acceptors (Lipinski definition) is 7. The van der Waals surface area contributed by atoms with Crippen molar-refractivity contribution in [3.05, 3.63) is 84.4 Å². The first-order chi connectivity index (χ1) is 18.0. The molecule has 2 amide bonds. The molecule has 0 aliphatic rings. The van der Waals surface area contributed by atoms with Crippen LogP contribution in [0.4, 0.5) is 5.69 Å². The number of amides is 2. The second-order valence-corrected chi connectivity index (χ2v) is 8.52. The van der Waals surface area contributed by atoms with Crippen molar-refractivity contribution in [1.29, 1.82) is 0 Å². The zero-order valence-corrected chi connectivity index (χ0v) is 20.5. The summed E-state index contributed by atoms with van der Waals surface area (Å²) in [5, 5.41) is 12.0. The van der Waals surface area contributed by atoms with Gasteiger partial charge < -0.3 is 14.5 Å². The van der Waals surface area contributed by atoms with Gasteiger partial charge in [0, 0.05) is 19.0 Å². The predicted molar refractivity (Wildman–Crippen MR) is 138 cm³/mol. The number of nitrogens with zero attached hydrogens (tertiary/aromatic N) is 5. The number of nitrogens with one attached hydrogen (secondary N) is 1. The average Bonchev–Trinajstić information content (AvgIpc) is 3.53. The van der Waals surface area contributed by atoms with E-state index < -0.39 is 11.9 Å². The molecule has 0 bridgehead atoms. The number of para-hydroxylation sites is 2. The summed E-state index contributed by atoms with van der Waals surface area (Å²) in [6.07, 6.45) is 1.59. The van der Waals surface area contributed by atoms with Crippen LogP contribution in [0.5, 0.6) is 0 Å². The number of rotatable bonds is 9. The van der Waals surface area contributed by atoms with Crippen molar-refractivity contribution >= 4 is 39.4 Å². The monoisotopic (exact) mass is 498 g/mol. The molecule has 0 unspecified atom stereocenters. The number of benzene rings is 2. The minimum atomic E-state index is -1.09. The number of pyridine rings is 1. The average molecular weight is 499 g/mol. The molecular weight excluding hydrogens is 472 g/mol. The number of carbonyl (C=O) groups excluding carboxylic acids is 2. The van der Waals surface area contributed by atoms with E-state index in [-0.39, 0.29) is 19.0 Å². The van der Waals surface area contributed by atoms with E-state index in [0.717, 1.165) is 10.9 Å². The third-order valence-corrected chi connectivity index (χ3v) is 5.97. The molecule has 5 aromatic rings. The van der Waals surface area contributed by atoms with Crippen molar-refractivity contribution in [2.24, 2.45) is 0 Å². The van der Waals surface area contributed by atoms with Crippen LogP contribution in [0.15, 0.2) is 77.3 Å². The minimum Gasteiger partial charge on any atom is -0.464 e. The number of hydrogen-bond donors (Lipinski definition) is 1. The molecule has 0 aliphatic carbocycles. The molecule has 10 heteroatoms. The van der Waals surface area contributed by atoms with E-state index in [9.17, 15) is 9.59 Å². The number of carbonyl (C=O) groups is 2. The van der Waals surface area contributed by atoms with E-state index in [1.165, 1.54) is 9.58 Å². The molecule has 0 aliphatic heterocycles. The smallest absolute Gasteiger partial charge is 0.251 e. The number of furan rings is 1. The van der Waals surface area contributed by atoms with Gasteiger partial charge in [-0.15, -0.1) is 5.10 Å². The number of methoxy groups -OCH3 is 1. The first kappa shape index (κ1) is 24.1. The Morgan fingerprint density at radius 1 is 1.08 bits per heavy atom. The number of anilines is 1. The molecule has 0 radical (unpaired) electrons. The van der Waals surface area contributed by atoms with Gasteiger partial charge in [-0.2, -0.15) is 0 Å². The number of ether oxygens (including phenoxy) is 1.